The summed E-state index contributed by atoms with van der Waals surface area (Å²) in [5, 5.41) is 0. The maximum atomic E-state index is 11.3. The van der Waals surface area contributed by atoms with E-state index in [1.54, 1.807) is 12.1 Å². The lowest BCUT2D eigenvalue weighted by molar-refractivity contribution is 0.601. The van der Waals surface area contributed by atoms with E-state index in [1.165, 1.54) is 0 Å². The van der Waals surface area contributed by atoms with Crippen LogP contribution in [0, 0.1) is 3.57 Å². The molecule has 0 unspecified atom stereocenters. The van der Waals surface area contributed by atoms with Crippen molar-refractivity contribution in [3.63, 3.8) is 0 Å². The fraction of sp³-hybridized carbons (Fsp3) is 0.250. The molecule has 0 atom stereocenters. The van der Waals surface area contributed by atoms with E-state index in [4.69, 9.17) is 5.73 Å². The standard InChI is InChI=1S/C8H11IN2O2S.ClH/c9-7-1-3-8(4-2-7)11-14(12,13)6-5-10;/h1-4,11H,5-6,10H2;1H. The Morgan fingerprint density at radius 1 is 1.27 bits per heavy atom. The maximum Gasteiger partial charge on any atom is 0.233 e. The van der Waals surface area contributed by atoms with E-state index in [2.05, 4.69) is 27.3 Å². The molecule has 1 aromatic rings. The van der Waals surface area contributed by atoms with Gasteiger partial charge in [-0.3, -0.25) is 4.72 Å². The van der Waals surface area contributed by atoms with Gasteiger partial charge in [-0.1, -0.05) is 0 Å². The topological polar surface area (TPSA) is 72.2 Å². The maximum absolute atomic E-state index is 11.3. The van der Waals surface area contributed by atoms with Crippen molar-refractivity contribution in [3.05, 3.63) is 27.8 Å². The number of nitrogens with two attached hydrogens (primary N) is 1. The third kappa shape index (κ3) is 5.55. The van der Waals surface area contributed by atoms with Gasteiger partial charge in [0.1, 0.15) is 0 Å². The van der Waals surface area contributed by atoms with Gasteiger partial charge in [0.15, 0.2) is 0 Å². The minimum Gasteiger partial charge on any atom is -0.329 e. The number of anilines is 1. The molecule has 1 aromatic carbocycles. The van der Waals surface area contributed by atoms with E-state index < -0.39 is 10.0 Å². The Kier molecular flexibility index (Phi) is 6.49. The Hall–Kier alpha value is -0.0500. The van der Waals surface area contributed by atoms with Crippen LogP contribution in [0.2, 0.25) is 0 Å². The zero-order valence-corrected chi connectivity index (χ0v) is 11.6. The third-order valence-electron chi connectivity index (χ3n) is 1.50. The van der Waals surface area contributed by atoms with Crippen molar-refractivity contribution in [1.29, 1.82) is 0 Å². The molecule has 3 N–H and O–H groups in total. The van der Waals surface area contributed by atoms with Gasteiger partial charge in [0.25, 0.3) is 0 Å². The predicted molar refractivity (Wildman–Crippen MR) is 72.9 cm³/mol. The average Bonchev–Trinajstić information content (AvgIpc) is 2.08. The molecule has 15 heavy (non-hydrogen) atoms. The van der Waals surface area contributed by atoms with Crippen LogP contribution in [0.5, 0.6) is 0 Å². The highest BCUT2D eigenvalue weighted by Gasteiger charge is 2.07. The fourth-order valence-corrected chi connectivity index (χ4v) is 2.17. The van der Waals surface area contributed by atoms with Crippen molar-refractivity contribution < 1.29 is 8.42 Å². The largest absolute Gasteiger partial charge is 0.329 e. The molecule has 0 radical (unpaired) electrons. The molecular weight excluding hydrogens is 351 g/mol. The minimum absolute atomic E-state index is 0. The van der Waals surface area contributed by atoms with Crippen molar-refractivity contribution >= 4 is 50.7 Å². The van der Waals surface area contributed by atoms with E-state index in [0.29, 0.717) is 5.69 Å². The molecule has 0 saturated carbocycles. The molecule has 0 bridgehead atoms. The summed E-state index contributed by atoms with van der Waals surface area (Å²) in [4.78, 5) is 0. The van der Waals surface area contributed by atoms with Crippen LogP contribution in [0.1, 0.15) is 0 Å². The lowest BCUT2D eigenvalue weighted by Gasteiger charge is -2.06. The highest BCUT2D eigenvalue weighted by atomic mass is 127. The molecule has 0 aromatic heterocycles. The number of hydrogen-bond acceptors (Lipinski definition) is 3. The lowest BCUT2D eigenvalue weighted by Crippen LogP contribution is -2.22. The Morgan fingerprint density at radius 2 is 1.80 bits per heavy atom. The molecule has 7 heteroatoms. The Labute approximate surface area is 109 Å². The van der Waals surface area contributed by atoms with Crippen LogP contribution in [-0.2, 0) is 10.0 Å². The number of sulfonamides is 1. The van der Waals surface area contributed by atoms with Gasteiger partial charge in [-0.2, -0.15) is 0 Å². The number of benzene rings is 1. The SMILES string of the molecule is Cl.NCCS(=O)(=O)Nc1ccc(I)cc1. The number of halogens is 2. The van der Waals surface area contributed by atoms with Gasteiger partial charge in [0.05, 0.1) is 5.75 Å². The van der Waals surface area contributed by atoms with E-state index in [0.717, 1.165) is 3.57 Å². The van der Waals surface area contributed by atoms with Crippen molar-refractivity contribution in [2.75, 3.05) is 17.0 Å². The second-order valence-electron chi connectivity index (χ2n) is 2.72. The van der Waals surface area contributed by atoms with Gasteiger partial charge in [0.2, 0.25) is 10.0 Å². The first-order chi connectivity index (χ1) is 6.53. The highest BCUT2D eigenvalue weighted by Crippen LogP contribution is 2.12. The molecular formula is C8H12ClIN2O2S. The first-order valence-corrected chi connectivity index (χ1v) is 6.73. The Balaban J connectivity index is 0.00000196. The molecule has 0 aliphatic rings. The van der Waals surface area contributed by atoms with Crippen molar-refractivity contribution in [2.24, 2.45) is 5.73 Å². The van der Waals surface area contributed by atoms with Gasteiger partial charge in [0, 0.05) is 15.8 Å². The zero-order chi connectivity index (χ0) is 10.6. The molecule has 0 saturated heterocycles. The summed E-state index contributed by atoms with van der Waals surface area (Å²) >= 11 is 2.15. The quantitative estimate of drug-likeness (QED) is 0.796. The van der Waals surface area contributed by atoms with Crippen LogP contribution in [0.4, 0.5) is 5.69 Å². The second-order valence-corrected chi connectivity index (χ2v) is 5.80. The fourth-order valence-electron chi connectivity index (χ4n) is 0.904. The van der Waals surface area contributed by atoms with E-state index in [9.17, 15) is 8.42 Å². The first kappa shape index (κ1) is 14.9. The minimum atomic E-state index is -3.27. The van der Waals surface area contributed by atoms with Crippen LogP contribution >= 0.6 is 35.0 Å². The smallest absolute Gasteiger partial charge is 0.233 e. The Morgan fingerprint density at radius 3 is 2.27 bits per heavy atom. The van der Waals surface area contributed by atoms with Crippen LogP contribution in [0.3, 0.4) is 0 Å². The molecule has 0 amide bonds. The number of nitrogens with one attached hydrogen (secondary N) is 1. The molecule has 0 aliphatic heterocycles. The highest BCUT2D eigenvalue weighted by molar-refractivity contribution is 14.1. The van der Waals surface area contributed by atoms with Gasteiger partial charge >= 0.3 is 0 Å². The Bertz CT molecular complexity index is 394. The summed E-state index contributed by atoms with van der Waals surface area (Å²) in [5.41, 5.74) is 5.74. The van der Waals surface area contributed by atoms with Crippen molar-refractivity contribution in [3.8, 4) is 0 Å². The molecule has 4 nitrogen and oxygen atoms in total. The van der Waals surface area contributed by atoms with Gasteiger partial charge in [-0.15, -0.1) is 12.4 Å². The zero-order valence-electron chi connectivity index (χ0n) is 7.81. The predicted octanol–water partition coefficient (Wildman–Crippen LogP) is 1.41. The summed E-state index contributed by atoms with van der Waals surface area (Å²) in [7, 11) is -3.27. The summed E-state index contributed by atoms with van der Waals surface area (Å²) in [6, 6.07) is 7.10. The summed E-state index contributed by atoms with van der Waals surface area (Å²) < 4.78 is 26.1. The van der Waals surface area contributed by atoms with E-state index in [-0.39, 0.29) is 24.7 Å². The van der Waals surface area contributed by atoms with Crippen molar-refractivity contribution in [2.45, 2.75) is 0 Å². The number of hydrogen-bond donors (Lipinski definition) is 2. The monoisotopic (exact) mass is 362 g/mol. The van der Waals surface area contributed by atoms with Gasteiger partial charge < -0.3 is 5.73 Å². The van der Waals surface area contributed by atoms with Crippen LogP contribution < -0.4 is 10.5 Å². The summed E-state index contributed by atoms with van der Waals surface area (Å²) in [5.74, 6) is -0.0566. The molecule has 0 fully saturated rings. The molecule has 0 spiro atoms. The van der Waals surface area contributed by atoms with Gasteiger partial charge in [-0.05, 0) is 46.9 Å². The van der Waals surface area contributed by atoms with Gasteiger partial charge in [-0.25, -0.2) is 8.42 Å². The summed E-state index contributed by atoms with van der Waals surface area (Å²) in [6.45, 7) is 0.125. The van der Waals surface area contributed by atoms with Crippen LogP contribution in [-0.4, -0.2) is 20.7 Å². The van der Waals surface area contributed by atoms with E-state index in [1.807, 2.05) is 12.1 Å². The van der Waals surface area contributed by atoms with Crippen molar-refractivity contribution in [1.82, 2.24) is 0 Å². The molecule has 0 heterocycles. The lowest BCUT2D eigenvalue weighted by atomic mass is 10.3. The molecule has 1 rings (SSSR count). The van der Waals surface area contributed by atoms with Crippen LogP contribution in [0.25, 0.3) is 0 Å². The second kappa shape index (κ2) is 6.51. The normalized spacial score (nSPS) is 10.5. The first-order valence-electron chi connectivity index (χ1n) is 3.99. The molecule has 86 valence electrons. The summed E-state index contributed by atoms with van der Waals surface area (Å²) in [6.07, 6.45) is 0. The number of rotatable bonds is 4. The average molecular weight is 363 g/mol. The van der Waals surface area contributed by atoms with Crippen LogP contribution in [0.15, 0.2) is 24.3 Å². The molecule has 0 aliphatic carbocycles. The third-order valence-corrected chi connectivity index (χ3v) is 3.54. The van der Waals surface area contributed by atoms with E-state index >= 15 is 0 Å².